The van der Waals surface area contributed by atoms with Crippen LogP contribution in [0.2, 0.25) is 0 Å². The van der Waals surface area contributed by atoms with Crippen molar-refractivity contribution in [3.63, 3.8) is 0 Å². The summed E-state index contributed by atoms with van der Waals surface area (Å²) in [5, 5.41) is 14.8. The van der Waals surface area contributed by atoms with Gasteiger partial charge in [-0.15, -0.1) is 0 Å². The van der Waals surface area contributed by atoms with E-state index in [4.69, 9.17) is 4.74 Å². The number of nitrogens with zero attached hydrogens (tertiary/aromatic N) is 3. The maximum absolute atomic E-state index is 13.2. The number of hydrogen-bond acceptors (Lipinski definition) is 4. The van der Waals surface area contributed by atoms with Crippen molar-refractivity contribution in [1.29, 1.82) is 0 Å². The van der Waals surface area contributed by atoms with Crippen LogP contribution in [0.25, 0.3) is 33.3 Å². The minimum atomic E-state index is -1.03. The minimum absolute atomic E-state index is 0.151. The summed E-state index contributed by atoms with van der Waals surface area (Å²) in [5.74, 6) is -0.340. The second-order valence-electron chi connectivity index (χ2n) is 6.79. The van der Waals surface area contributed by atoms with Crippen LogP contribution in [0.4, 0.5) is 4.39 Å². The Bertz CT molecular complexity index is 1420. The topological polar surface area (TPSA) is 93.0 Å². The van der Waals surface area contributed by atoms with E-state index < -0.39 is 5.97 Å². The Hall–Kier alpha value is -4.20. The molecule has 2 aromatic carbocycles. The highest BCUT2D eigenvalue weighted by Gasteiger charge is 2.19. The van der Waals surface area contributed by atoms with Gasteiger partial charge in [-0.2, -0.15) is 5.10 Å². The Balaban J connectivity index is 1.65. The minimum Gasteiger partial charge on any atom is -0.478 e. The number of aromatic amines is 1. The average Bonchev–Trinajstić information content (AvgIpc) is 3.29. The molecule has 7 nitrogen and oxygen atoms in total. The van der Waals surface area contributed by atoms with E-state index in [0.29, 0.717) is 33.7 Å². The molecule has 0 amide bonds. The number of hydrogen-bond donors (Lipinski definition) is 2. The summed E-state index contributed by atoms with van der Waals surface area (Å²) < 4.78 is 20.8. The number of carbonyl (C=O) groups is 1. The first-order chi connectivity index (χ1) is 14.5. The first-order valence-electron chi connectivity index (χ1n) is 9.12. The monoisotopic (exact) mass is 402 g/mol. The number of nitrogens with one attached hydrogen (secondary N) is 1. The van der Waals surface area contributed by atoms with E-state index in [-0.39, 0.29) is 11.4 Å². The lowest BCUT2D eigenvalue weighted by molar-refractivity contribution is 0.0698. The lowest BCUT2D eigenvalue weighted by Crippen LogP contribution is -1.98. The number of aromatic nitrogens is 4. The molecule has 30 heavy (non-hydrogen) atoms. The van der Waals surface area contributed by atoms with Gasteiger partial charge in [0.25, 0.3) is 0 Å². The highest BCUT2D eigenvalue weighted by molar-refractivity contribution is 6.03. The molecule has 0 bridgehead atoms. The van der Waals surface area contributed by atoms with Gasteiger partial charge in [0.15, 0.2) is 5.75 Å². The van der Waals surface area contributed by atoms with E-state index in [1.807, 2.05) is 12.1 Å². The van der Waals surface area contributed by atoms with Gasteiger partial charge in [-0.05, 0) is 42.5 Å². The summed E-state index contributed by atoms with van der Waals surface area (Å²) in [6.45, 7) is 0. The molecule has 0 aliphatic rings. The van der Waals surface area contributed by atoms with Gasteiger partial charge in [-0.25, -0.2) is 9.18 Å². The number of aromatic carboxylic acids is 1. The van der Waals surface area contributed by atoms with Gasteiger partial charge in [-0.1, -0.05) is 12.1 Å². The molecule has 0 aliphatic carbocycles. The lowest BCUT2D eigenvalue weighted by Gasteiger charge is -2.06. The molecule has 2 N–H and O–H groups in total. The van der Waals surface area contributed by atoms with Crippen LogP contribution in [-0.2, 0) is 7.05 Å². The number of carboxylic acid groups (broad SMARTS) is 1. The molecular weight excluding hydrogens is 387 g/mol. The first-order valence-corrected chi connectivity index (χ1v) is 9.12. The zero-order valence-electron chi connectivity index (χ0n) is 15.8. The molecule has 3 aromatic heterocycles. The second kappa shape index (κ2) is 6.70. The molecule has 0 unspecified atom stereocenters. The number of rotatable bonds is 4. The van der Waals surface area contributed by atoms with Crippen LogP contribution in [0.3, 0.4) is 0 Å². The number of carboxylic acids is 1. The third kappa shape index (κ3) is 2.86. The van der Waals surface area contributed by atoms with Crippen molar-refractivity contribution in [2.75, 3.05) is 0 Å². The van der Waals surface area contributed by atoms with E-state index >= 15 is 0 Å². The predicted octanol–water partition coefficient (Wildman–Crippen LogP) is 4.75. The van der Waals surface area contributed by atoms with Gasteiger partial charge in [0.2, 0.25) is 0 Å². The quantitative estimate of drug-likeness (QED) is 0.453. The number of halogens is 1. The number of H-pyrrole nitrogens is 1. The molecular formula is C22H15FN4O3. The fourth-order valence-electron chi connectivity index (χ4n) is 3.55. The van der Waals surface area contributed by atoms with Crippen molar-refractivity contribution in [3.8, 4) is 22.9 Å². The van der Waals surface area contributed by atoms with Crippen molar-refractivity contribution < 1.29 is 19.0 Å². The fourth-order valence-corrected chi connectivity index (χ4v) is 3.55. The van der Waals surface area contributed by atoms with Gasteiger partial charge in [0, 0.05) is 18.6 Å². The van der Waals surface area contributed by atoms with Crippen LogP contribution < -0.4 is 4.74 Å². The molecule has 3 heterocycles. The summed E-state index contributed by atoms with van der Waals surface area (Å²) in [4.78, 5) is 19.0. The number of ether oxygens (including phenoxy) is 1. The number of benzene rings is 2. The number of fused-ring (bicyclic) bond motifs is 2. The average molecular weight is 402 g/mol. The Morgan fingerprint density at radius 3 is 2.73 bits per heavy atom. The standard InChI is InChI=1S/C22H15FN4O3/c1-27-21(17-11-16-19(25-17)15(22(28)29)9-10-24-16)14-3-2-4-18(20(14)26-27)30-13-7-5-12(23)6-8-13/h2-11,25H,1H3,(H,28,29). The van der Waals surface area contributed by atoms with Gasteiger partial charge < -0.3 is 14.8 Å². The maximum atomic E-state index is 13.2. The molecule has 8 heteroatoms. The smallest absolute Gasteiger partial charge is 0.337 e. The largest absolute Gasteiger partial charge is 0.478 e. The lowest BCUT2D eigenvalue weighted by atomic mass is 10.1. The number of pyridine rings is 1. The third-order valence-corrected chi connectivity index (χ3v) is 4.88. The normalized spacial score (nSPS) is 11.3. The molecule has 0 spiro atoms. The fraction of sp³-hybridized carbons (Fsp3) is 0.0455. The predicted molar refractivity (Wildman–Crippen MR) is 109 cm³/mol. The van der Waals surface area contributed by atoms with Crippen molar-refractivity contribution in [3.05, 3.63) is 72.2 Å². The first kappa shape index (κ1) is 17.9. The summed E-state index contributed by atoms with van der Waals surface area (Å²) in [6.07, 6.45) is 1.47. The molecule has 0 atom stereocenters. The molecule has 148 valence electrons. The molecule has 0 saturated heterocycles. The van der Waals surface area contributed by atoms with E-state index in [0.717, 1.165) is 11.1 Å². The van der Waals surface area contributed by atoms with Gasteiger partial charge in [0.05, 0.1) is 28.0 Å². The van der Waals surface area contributed by atoms with Gasteiger partial charge in [-0.3, -0.25) is 9.67 Å². The van der Waals surface area contributed by atoms with Crippen molar-refractivity contribution in [2.24, 2.45) is 7.05 Å². The van der Waals surface area contributed by atoms with Crippen LogP contribution >= 0.6 is 0 Å². The molecule has 5 rings (SSSR count). The molecule has 0 radical (unpaired) electrons. The Morgan fingerprint density at radius 2 is 1.97 bits per heavy atom. The zero-order chi connectivity index (χ0) is 20.8. The molecule has 0 aliphatic heterocycles. The van der Waals surface area contributed by atoms with Crippen LogP contribution in [-0.4, -0.2) is 30.8 Å². The van der Waals surface area contributed by atoms with Crippen LogP contribution in [0, 0.1) is 5.82 Å². The van der Waals surface area contributed by atoms with Crippen molar-refractivity contribution >= 4 is 27.9 Å². The second-order valence-corrected chi connectivity index (χ2v) is 6.79. The summed E-state index contributed by atoms with van der Waals surface area (Å²) in [6, 6.07) is 14.6. The van der Waals surface area contributed by atoms with Crippen molar-refractivity contribution in [1.82, 2.24) is 19.7 Å². The van der Waals surface area contributed by atoms with E-state index in [9.17, 15) is 14.3 Å². The zero-order valence-corrected chi connectivity index (χ0v) is 15.8. The highest BCUT2D eigenvalue weighted by Crippen LogP contribution is 2.36. The summed E-state index contributed by atoms with van der Waals surface area (Å²) in [7, 11) is 1.80. The third-order valence-electron chi connectivity index (χ3n) is 4.88. The van der Waals surface area contributed by atoms with E-state index in [1.165, 1.54) is 24.4 Å². The van der Waals surface area contributed by atoms with Crippen LogP contribution in [0.1, 0.15) is 10.4 Å². The molecule has 0 fully saturated rings. The Labute approximate surface area is 169 Å². The van der Waals surface area contributed by atoms with Crippen LogP contribution in [0.15, 0.2) is 60.8 Å². The SMILES string of the molecule is Cn1nc2c(Oc3ccc(F)cc3)cccc2c1-c1cc2nccc(C(=O)O)c2[nH]1. The summed E-state index contributed by atoms with van der Waals surface area (Å²) >= 11 is 0. The van der Waals surface area contributed by atoms with E-state index in [1.54, 1.807) is 36.0 Å². The molecule has 0 saturated carbocycles. The maximum Gasteiger partial charge on any atom is 0.337 e. The number of aryl methyl sites for hydroxylation is 1. The Kier molecular flexibility index (Phi) is 3.99. The van der Waals surface area contributed by atoms with E-state index in [2.05, 4.69) is 15.1 Å². The van der Waals surface area contributed by atoms with Crippen LogP contribution in [0.5, 0.6) is 11.5 Å². The van der Waals surface area contributed by atoms with Gasteiger partial charge in [0.1, 0.15) is 17.1 Å². The molecule has 5 aromatic rings. The summed E-state index contributed by atoms with van der Waals surface area (Å²) in [5.41, 5.74) is 3.24. The highest BCUT2D eigenvalue weighted by atomic mass is 19.1. The van der Waals surface area contributed by atoms with Crippen molar-refractivity contribution in [2.45, 2.75) is 0 Å². The van der Waals surface area contributed by atoms with Gasteiger partial charge >= 0.3 is 5.97 Å². The Morgan fingerprint density at radius 1 is 1.17 bits per heavy atom.